The highest BCUT2D eigenvalue weighted by Gasteiger charge is 2.57. The van der Waals surface area contributed by atoms with Crippen LogP contribution < -0.4 is 0 Å². The van der Waals surface area contributed by atoms with Gasteiger partial charge in [0.1, 0.15) is 5.52 Å². The molecule has 5 aliphatic rings. The zero-order chi connectivity index (χ0) is 27.2. The Balaban J connectivity index is 1.19. The van der Waals surface area contributed by atoms with Crippen LogP contribution in [0.25, 0.3) is 16.7 Å². The monoisotopic (exact) mass is 596 g/mol. The number of carbonyl (C=O) groups is 2. The van der Waals surface area contributed by atoms with E-state index in [1.807, 2.05) is 17.0 Å². The van der Waals surface area contributed by atoms with Gasteiger partial charge in [-0.25, -0.2) is 9.67 Å². The van der Waals surface area contributed by atoms with Crippen LogP contribution in [0.5, 0.6) is 0 Å². The van der Waals surface area contributed by atoms with Crippen LogP contribution in [0.15, 0.2) is 59.9 Å². The van der Waals surface area contributed by atoms with Gasteiger partial charge in [0, 0.05) is 42.5 Å². The average Bonchev–Trinajstić information content (AvgIpc) is 3.50. The molecule has 0 radical (unpaired) electrons. The summed E-state index contributed by atoms with van der Waals surface area (Å²) < 4.78 is 2.92. The minimum Gasteiger partial charge on any atom is -0.344 e. The number of benzene rings is 2. The summed E-state index contributed by atoms with van der Waals surface area (Å²) in [6.45, 7) is 5.19. The SMILES string of the molecule is C=CC(=O)N1CCc2nn(-c3ccc(C45CC(C4)C5)cc3)c3c2[C@H](C1)N(C(=O)c1ccc(Br)c2nc[nH]c12)CC3. The van der Waals surface area contributed by atoms with Gasteiger partial charge < -0.3 is 14.8 Å². The van der Waals surface area contributed by atoms with E-state index in [1.165, 1.54) is 30.9 Å². The molecule has 2 amide bonds. The quantitative estimate of drug-likeness (QED) is 0.340. The topological polar surface area (TPSA) is 87.1 Å². The van der Waals surface area contributed by atoms with Gasteiger partial charge in [-0.15, -0.1) is 0 Å². The zero-order valence-corrected chi connectivity index (χ0v) is 23.7. The molecule has 2 aromatic carbocycles. The van der Waals surface area contributed by atoms with Crippen molar-refractivity contribution in [2.45, 2.75) is 43.6 Å². The molecule has 0 saturated heterocycles. The summed E-state index contributed by atoms with van der Waals surface area (Å²) in [7, 11) is 0. The zero-order valence-electron chi connectivity index (χ0n) is 22.1. The lowest BCUT2D eigenvalue weighted by atomic mass is 9.42. The fraction of sp³-hybridized carbons (Fsp3) is 0.355. The number of rotatable bonds is 4. The third-order valence-electron chi connectivity index (χ3n) is 9.68. The van der Waals surface area contributed by atoms with Crippen LogP contribution in [0.1, 0.15) is 58.2 Å². The number of amides is 2. The largest absolute Gasteiger partial charge is 0.344 e. The van der Waals surface area contributed by atoms with Gasteiger partial charge in [-0.3, -0.25) is 9.59 Å². The normalized spacial score (nSPS) is 24.6. The maximum atomic E-state index is 14.2. The lowest BCUT2D eigenvalue weighted by Gasteiger charge is -2.62. The van der Waals surface area contributed by atoms with Gasteiger partial charge in [-0.1, -0.05) is 18.7 Å². The Labute approximate surface area is 240 Å². The van der Waals surface area contributed by atoms with Gasteiger partial charge in [-0.05, 0) is 82.4 Å². The molecule has 9 rings (SSSR count). The Bertz CT molecular complexity index is 1700. The minimum atomic E-state index is -0.298. The van der Waals surface area contributed by atoms with E-state index in [0.29, 0.717) is 49.0 Å². The van der Waals surface area contributed by atoms with E-state index in [9.17, 15) is 9.59 Å². The number of hydrogen-bond acceptors (Lipinski definition) is 4. The van der Waals surface area contributed by atoms with Crippen molar-refractivity contribution in [1.29, 1.82) is 0 Å². The van der Waals surface area contributed by atoms with Crippen molar-refractivity contribution >= 4 is 38.8 Å². The molecule has 9 heteroatoms. The molecular weight excluding hydrogens is 568 g/mol. The number of carbonyl (C=O) groups excluding carboxylic acids is 2. The van der Waals surface area contributed by atoms with E-state index in [1.54, 1.807) is 11.2 Å². The van der Waals surface area contributed by atoms with Crippen LogP contribution in [0.4, 0.5) is 0 Å². The van der Waals surface area contributed by atoms with Gasteiger partial charge in [-0.2, -0.15) is 5.10 Å². The second kappa shape index (κ2) is 8.64. The Morgan fingerprint density at radius 1 is 1.07 bits per heavy atom. The minimum absolute atomic E-state index is 0.0769. The summed E-state index contributed by atoms with van der Waals surface area (Å²) in [5.41, 5.74) is 8.13. The summed E-state index contributed by atoms with van der Waals surface area (Å²) in [6.07, 6.45) is 8.30. The van der Waals surface area contributed by atoms with E-state index >= 15 is 0 Å². The number of hydrogen-bond donors (Lipinski definition) is 1. The predicted molar refractivity (Wildman–Crippen MR) is 154 cm³/mol. The fourth-order valence-corrected chi connectivity index (χ4v) is 7.93. The first-order valence-electron chi connectivity index (χ1n) is 14.0. The first-order valence-corrected chi connectivity index (χ1v) is 14.8. The summed E-state index contributed by atoms with van der Waals surface area (Å²) in [4.78, 5) is 38.2. The highest BCUT2D eigenvalue weighted by atomic mass is 79.9. The van der Waals surface area contributed by atoms with E-state index in [4.69, 9.17) is 5.10 Å². The Hall–Kier alpha value is -3.72. The van der Waals surface area contributed by atoms with Crippen molar-refractivity contribution in [3.63, 3.8) is 0 Å². The fourth-order valence-electron chi connectivity index (χ4n) is 7.50. The average molecular weight is 598 g/mol. The predicted octanol–water partition coefficient (Wildman–Crippen LogP) is 4.87. The molecule has 0 spiro atoms. The van der Waals surface area contributed by atoms with Crippen LogP contribution in [-0.4, -0.2) is 61.0 Å². The Morgan fingerprint density at radius 3 is 2.60 bits per heavy atom. The second-order valence-corrected chi connectivity index (χ2v) is 12.6. The maximum Gasteiger partial charge on any atom is 0.256 e. The number of aromatic nitrogens is 4. The van der Waals surface area contributed by atoms with Crippen molar-refractivity contribution in [3.05, 3.63) is 87.9 Å². The number of nitrogens with zero attached hydrogens (tertiary/aromatic N) is 5. The van der Waals surface area contributed by atoms with E-state index in [2.05, 4.69) is 61.4 Å². The van der Waals surface area contributed by atoms with Crippen molar-refractivity contribution in [2.75, 3.05) is 19.6 Å². The third-order valence-corrected chi connectivity index (χ3v) is 10.3. The van der Waals surface area contributed by atoms with Gasteiger partial charge >= 0.3 is 0 Å². The summed E-state index contributed by atoms with van der Waals surface area (Å²) in [5, 5.41) is 5.11. The van der Waals surface area contributed by atoms with Crippen LogP contribution in [0.2, 0.25) is 0 Å². The molecule has 4 heterocycles. The lowest BCUT2D eigenvalue weighted by molar-refractivity contribution is -0.126. The first-order chi connectivity index (χ1) is 19.5. The van der Waals surface area contributed by atoms with Gasteiger partial charge in [0.2, 0.25) is 5.91 Å². The molecule has 202 valence electrons. The first kappa shape index (κ1) is 24.1. The number of nitrogens with one attached hydrogen (secondary N) is 1. The molecular formula is C31H29BrN6O2. The highest BCUT2D eigenvalue weighted by molar-refractivity contribution is 9.10. The highest BCUT2D eigenvalue weighted by Crippen LogP contribution is 2.65. The molecule has 2 aliphatic heterocycles. The van der Waals surface area contributed by atoms with Crippen molar-refractivity contribution in [1.82, 2.24) is 29.5 Å². The molecule has 40 heavy (non-hydrogen) atoms. The van der Waals surface area contributed by atoms with Crippen LogP contribution in [0.3, 0.4) is 0 Å². The summed E-state index contributed by atoms with van der Waals surface area (Å²) in [6, 6.07) is 12.4. The Kier molecular flexibility index (Phi) is 5.21. The Morgan fingerprint density at radius 2 is 1.88 bits per heavy atom. The van der Waals surface area contributed by atoms with Crippen LogP contribution >= 0.6 is 15.9 Å². The molecule has 1 N–H and O–H groups in total. The lowest BCUT2D eigenvalue weighted by Crippen LogP contribution is -2.55. The maximum absolute atomic E-state index is 14.2. The number of fused-ring (bicyclic) bond motifs is 1. The van der Waals surface area contributed by atoms with Crippen LogP contribution in [-0.2, 0) is 23.1 Å². The van der Waals surface area contributed by atoms with Gasteiger partial charge in [0.05, 0.1) is 40.5 Å². The molecule has 4 aromatic rings. The van der Waals surface area contributed by atoms with E-state index < -0.39 is 0 Å². The third kappa shape index (κ3) is 3.36. The molecule has 3 saturated carbocycles. The molecule has 8 nitrogen and oxygen atoms in total. The van der Waals surface area contributed by atoms with E-state index in [-0.39, 0.29) is 17.9 Å². The van der Waals surface area contributed by atoms with Gasteiger partial charge in [0.25, 0.3) is 5.91 Å². The molecule has 2 bridgehead atoms. The van der Waals surface area contributed by atoms with Crippen molar-refractivity contribution in [3.8, 4) is 5.69 Å². The smallest absolute Gasteiger partial charge is 0.256 e. The van der Waals surface area contributed by atoms with Crippen molar-refractivity contribution in [2.24, 2.45) is 5.92 Å². The summed E-state index contributed by atoms with van der Waals surface area (Å²) in [5.74, 6) is 0.746. The van der Waals surface area contributed by atoms with Gasteiger partial charge in [0.15, 0.2) is 0 Å². The number of imidazole rings is 1. The standard InChI is InChI=1S/C31H29BrN6O2/c1-2-26(39)36-11-9-23-27-24(38(35-23)20-5-3-19(4-6-20)31-13-18(14-31)15-31)10-12-37(25(27)16-36)30(40)21-7-8-22(32)29-28(21)33-17-34-29/h2-8,17-18,25H,1,9-16H2,(H,33,34)/t18?,25-,31?/m0/s1. The van der Waals surface area contributed by atoms with Crippen molar-refractivity contribution < 1.29 is 9.59 Å². The summed E-state index contributed by atoms with van der Waals surface area (Å²) >= 11 is 3.54. The van der Waals surface area contributed by atoms with Crippen LogP contribution in [0, 0.1) is 5.92 Å². The molecule has 2 aromatic heterocycles. The molecule has 0 unspecified atom stereocenters. The number of halogens is 1. The second-order valence-electron chi connectivity index (χ2n) is 11.7. The molecule has 3 aliphatic carbocycles. The number of H-pyrrole nitrogens is 1. The molecule has 3 fully saturated rings. The van der Waals surface area contributed by atoms with E-state index in [0.717, 1.165) is 38.5 Å². The molecule has 1 atom stereocenters. The number of aromatic amines is 1.